The van der Waals surface area contributed by atoms with E-state index in [1.807, 2.05) is 0 Å². The summed E-state index contributed by atoms with van der Waals surface area (Å²) in [6.07, 6.45) is 0. The normalized spacial score (nSPS) is 14.5. The Balaban J connectivity index is 2.60. The first-order valence-corrected chi connectivity index (χ1v) is 9.19. The molecule has 2 unspecified atom stereocenters. The van der Waals surface area contributed by atoms with Crippen LogP contribution in [0.5, 0.6) is 0 Å². The molecule has 2 rings (SSSR count). The van der Waals surface area contributed by atoms with E-state index < -0.39 is 37.2 Å². The van der Waals surface area contributed by atoms with Crippen molar-refractivity contribution in [2.24, 2.45) is 0 Å². The molecule has 0 fully saturated rings. The van der Waals surface area contributed by atoms with Gasteiger partial charge in [0.2, 0.25) is 0 Å². The summed E-state index contributed by atoms with van der Waals surface area (Å²) in [4.78, 5) is -0.845. The molecule has 7 nitrogen and oxygen atoms in total. The van der Waals surface area contributed by atoms with E-state index >= 15 is 0 Å². The number of hydrogen-bond donors (Lipinski definition) is 1. The molecule has 0 aliphatic carbocycles. The lowest BCUT2D eigenvalue weighted by molar-refractivity contribution is 0.483. The average molecular weight is 360 g/mol. The predicted octanol–water partition coefficient (Wildman–Crippen LogP) is 1.08. The first-order valence-electron chi connectivity index (χ1n) is 5.60. The molecule has 2 aromatic carbocycles. The van der Waals surface area contributed by atoms with Gasteiger partial charge in [0.15, 0.2) is 0 Å². The summed E-state index contributed by atoms with van der Waals surface area (Å²) in [5, 5.41) is 0. The van der Waals surface area contributed by atoms with Crippen LogP contribution in [0.25, 0.3) is 11.1 Å². The Morgan fingerprint density at radius 1 is 0.909 bits per heavy atom. The molecule has 0 spiro atoms. The van der Waals surface area contributed by atoms with Gasteiger partial charge in [0.25, 0.3) is 10.1 Å². The number of benzene rings is 2. The van der Waals surface area contributed by atoms with Crippen LogP contribution in [0.2, 0.25) is 0 Å². The summed E-state index contributed by atoms with van der Waals surface area (Å²) >= 11 is -5.15. The van der Waals surface area contributed by atoms with E-state index in [1.54, 1.807) is 0 Å². The highest BCUT2D eigenvalue weighted by atomic mass is 32.2. The topological polar surface area (TPSA) is 135 Å². The fourth-order valence-electron chi connectivity index (χ4n) is 1.79. The van der Waals surface area contributed by atoms with Gasteiger partial charge in [-0.05, 0) is 57.6 Å². The number of rotatable bonds is 4. The molecule has 22 heavy (non-hydrogen) atoms. The van der Waals surface area contributed by atoms with E-state index in [0.29, 0.717) is 5.56 Å². The molecule has 0 radical (unpaired) electrons. The van der Waals surface area contributed by atoms with Crippen LogP contribution in [0.1, 0.15) is 0 Å². The van der Waals surface area contributed by atoms with E-state index in [-0.39, 0.29) is 15.4 Å². The first kappa shape index (κ1) is 16.9. The minimum Gasteiger partial charge on any atom is -0.768 e. The van der Waals surface area contributed by atoms with Crippen LogP contribution >= 0.6 is 0 Å². The highest BCUT2D eigenvalue weighted by Gasteiger charge is 2.14. The first-order chi connectivity index (χ1) is 10.2. The molecule has 2 aromatic rings. The largest absolute Gasteiger partial charge is 0.768 e. The van der Waals surface area contributed by atoms with Crippen molar-refractivity contribution >= 4 is 32.3 Å². The van der Waals surface area contributed by atoms with Crippen LogP contribution in [0.15, 0.2) is 57.2 Å². The van der Waals surface area contributed by atoms with Gasteiger partial charge in [0, 0.05) is 9.79 Å². The van der Waals surface area contributed by atoms with Gasteiger partial charge in [-0.2, -0.15) is 8.42 Å². The molecule has 0 bridgehead atoms. The lowest BCUT2D eigenvalue weighted by atomic mass is 10.1. The van der Waals surface area contributed by atoms with Crippen LogP contribution < -0.4 is 0 Å². The molecule has 0 aromatic heterocycles. The fourth-order valence-corrected chi connectivity index (χ4v) is 3.31. The SMILES string of the molecule is O=S([O-])c1ccc(-c2ccc(S(=O)(=O)O)cc2S(=O)[O-])cc1. The van der Waals surface area contributed by atoms with Gasteiger partial charge in [0.1, 0.15) is 0 Å². The van der Waals surface area contributed by atoms with Crippen molar-refractivity contribution < 1.29 is 30.5 Å². The average Bonchev–Trinajstić information content (AvgIpc) is 2.45. The summed E-state index contributed by atoms with van der Waals surface area (Å²) in [7, 11) is -4.53. The Morgan fingerprint density at radius 3 is 1.95 bits per heavy atom. The molecule has 0 saturated carbocycles. The quantitative estimate of drug-likeness (QED) is 0.636. The zero-order valence-corrected chi connectivity index (χ0v) is 13.1. The van der Waals surface area contributed by atoms with Gasteiger partial charge in [-0.3, -0.25) is 13.0 Å². The molecular weight excluding hydrogens is 352 g/mol. The lowest BCUT2D eigenvalue weighted by Crippen LogP contribution is -2.01. The Labute approximate surface area is 131 Å². The van der Waals surface area contributed by atoms with Gasteiger partial charge in [-0.1, -0.05) is 18.2 Å². The van der Waals surface area contributed by atoms with Crippen molar-refractivity contribution in [1.82, 2.24) is 0 Å². The second-order valence-electron chi connectivity index (χ2n) is 4.13. The van der Waals surface area contributed by atoms with Crippen molar-refractivity contribution in [1.29, 1.82) is 0 Å². The predicted molar refractivity (Wildman–Crippen MR) is 76.1 cm³/mol. The van der Waals surface area contributed by atoms with Crippen LogP contribution in [0.4, 0.5) is 0 Å². The highest BCUT2D eigenvalue weighted by Crippen LogP contribution is 2.29. The van der Waals surface area contributed by atoms with Crippen molar-refractivity contribution in [3.8, 4) is 11.1 Å². The van der Waals surface area contributed by atoms with Gasteiger partial charge in [0.05, 0.1) is 4.90 Å². The zero-order chi connectivity index (χ0) is 16.5. The highest BCUT2D eigenvalue weighted by molar-refractivity contribution is 7.86. The third-order valence-corrected chi connectivity index (χ3v) is 4.99. The molecule has 0 aliphatic rings. The van der Waals surface area contributed by atoms with E-state index in [1.165, 1.54) is 30.3 Å². The van der Waals surface area contributed by atoms with Crippen molar-refractivity contribution in [3.63, 3.8) is 0 Å². The Morgan fingerprint density at radius 2 is 1.50 bits per heavy atom. The molecule has 0 amide bonds. The summed E-state index contributed by atoms with van der Waals surface area (Å²) in [6, 6.07) is 8.46. The number of hydrogen-bond acceptors (Lipinski definition) is 6. The smallest absolute Gasteiger partial charge is 0.294 e. The van der Waals surface area contributed by atoms with E-state index in [4.69, 9.17) is 4.55 Å². The lowest BCUT2D eigenvalue weighted by Gasteiger charge is -2.14. The molecule has 118 valence electrons. The molecular formula is C12H8O7S3-2. The standard InChI is InChI=1S/C12H10O7S3/c13-20(14)9-3-1-8(2-4-9)11-6-5-10(22(17,18)19)7-12(11)21(15)16/h1-7H,(H,13,14)(H,15,16)(H,17,18,19)/p-2. The van der Waals surface area contributed by atoms with Gasteiger partial charge in [-0.15, -0.1) is 0 Å². The second-order valence-corrected chi connectivity index (χ2v) is 7.40. The summed E-state index contributed by atoms with van der Waals surface area (Å²) < 4.78 is 75.2. The molecule has 0 heterocycles. The summed E-state index contributed by atoms with van der Waals surface area (Å²) in [6.45, 7) is 0. The van der Waals surface area contributed by atoms with Crippen LogP contribution in [-0.2, 0) is 32.3 Å². The monoisotopic (exact) mass is 360 g/mol. The minimum absolute atomic E-state index is 0.0307. The third-order valence-electron chi connectivity index (χ3n) is 2.79. The molecule has 2 atom stereocenters. The molecule has 1 N–H and O–H groups in total. The summed E-state index contributed by atoms with van der Waals surface area (Å²) in [5.41, 5.74) is 0.569. The third kappa shape index (κ3) is 3.66. The Kier molecular flexibility index (Phi) is 4.90. The van der Waals surface area contributed by atoms with Crippen LogP contribution in [0, 0.1) is 0 Å². The minimum atomic E-state index is -4.53. The van der Waals surface area contributed by atoms with E-state index in [0.717, 1.165) is 12.1 Å². The van der Waals surface area contributed by atoms with E-state index in [2.05, 4.69) is 0 Å². The maximum absolute atomic E-state index is 11.3. The fraction of sp³-hybridized carbons (Fsp3) is 0. The molecule has 0 aliphatic heterocycles. The molecule has 0 saturated heterocycles. The maximum atomic E-state index is 11.3. The van der Waals surface area contributed by atoms with Crippen molar-refractivity contribution in [2.75, 3.05) is 0 Å². The van der Waals surface area contributed by atoms with Crippen molar-refractivity contribution in [2.45, 2.75) is 14.7 Å². The summed E-state index contributed by atoms with van der Waals surface area (Å²) in [5.74, 6) is 0. The van der Waals surface area contributed by atoms with Crippen molar-refractivity contribution in [3.05, 3.63) is 42.5 Å². The van der Waals surface area contributed by atoms with Crippen LogP contribution in [-0.4, -0.2) is 30.5 Å². The second kappa shape index (κ2) is 6.36. The van der Waals surface area contributed by atoms with Gasteiger partial charge >= 0.3 is 0 Å². The molecule has 10 heteroatoms. The Bertz CT molecular complexity index is 857. The van der Waals surface area contributed by atoms with Crippen LogP contribution in [0.3, 0.4) is 0 Å². The van der Waals surface area contributed by atoms with Gasteiger partial charge < -0.3 is 9.11 Å². The van der Waals surface area contributed by atoms with E-state index in [9.17, 15) is 25.9 Å². The van der Waals surface area contributed by atoms with Gasteiger partial charge in [-0.25, -0.2) is 0 Å². The Hall–Kier alpha value is -1.43. The zero-order valence-electron chi connectivity index (χ0n) is 10.7. The maximum Gasteiger partial charge on any atom is 0.294 e.